The molecule has 0 saturated carbocycles. The van der Waals surface area contributed by atoms with E-state index in [9.17, 15) is 9.90 Å². The topological polar surface area (TPSA) is 61.8 Å². The Labute approximate surface area is 167 Å². The summed E-state index contributed by atoms with van der Waals surface area (Å²) in [6.45, 7) is 1.11. The van der Waals surface area contributed by atoms with Crippen LogP contribution in [0.2, 0.25) is 0 Å². The van der Waals surface area contributed by atoms with Crippen LogP contribution in [0.5, 0.6) is 0 Å². The molecule has 2 N–H and O–H groups in total. The number of benzene rings is 2. The molecule has 1 aliphatic rings. The van der Waals surface area contributed by atoms with Gasteiger partial charge < -0.3 is 20.1 Å². The van der Waals surface area contributed by atoms with E-state index in [4.69, 9.17) is 4.74 Å². The van der Waals surface area contributed by atoms with Crippen molar-refractivity contribution in [1.82, 2.24) is 10.2 Å². The number of ether oxygens (including phenoxy) is 1. The highest BCUT2D eigenvalue weighted by Gasteiger charge is 2.29. The molecule has 0 unspecified atom stereocenters. The fraction of sp³-hybridized carbons (Fsp3) is 0.435. The van der Waals surface area contributed by atoms with Crippen molar-refractivity contribution in [1.29, 1.82) is 0 Å². The number of hydrogen-bond acceptors (Lipinski definition) is 4. The Morgan fingerprint density at radius 2 is 1.89 bits per heavy atom. The molecule has 5 nitrogen and oxygen atoms in total. The molecule has 3 atom stereocenters. The molecule has 5 heteroatoms. The Morgan fingerprint density at radius 1 is 1.18 bits per heavy atom. The molecule has 1 amide bonds. The predicted molar refractivity (Wildman–Crippen MR) is 110 cm³/mol. The lowest BCUT2D eigenvalue weighted by molar-refractivity contribution is 0.0744. The summed E-state index contributed by atoms with van der Waals surface area (Å²) < 4.78 is 5.03. The van der Waals surface area contributed by atoms with Crippen molar-refractivity contribution in [2.75, 3.05) is 27.3 Å². The van der Waals surface area contributed by atoms with Crippen LogP contribution in [0.3, 0.4) is 0 Å². The molecule has 2 aromatic rings. The number of carbonyl (C=O) groups excluding carboxylic acids is 1. The maximum Gasteiger partial charge on any atom is 0.253 e. The van der Waals surface area contributed by atoms with Crippen molar-refractivity contribution in [3.8, 4) is 0 Å². The minimum absolute atomic E-state index is 0.00800. The van der Waals surface area contributed by atoms with Gasteiger partial charge in [0, 0.05) is 38.3 Å². The summed E-state index contributed by atoms with van der Waals surface area (Å²) >= 11 is 0. The number of aliphatic hydroxyl groups excluding tert-OH is 1. The van der Waals surface area contributed by atoms with E-state index in [2.05, 4.69) is 5.32 Å². The van der Waals surface area contributed by atoms with Crippen LogP contribution in [0.25, 0.3) is 0 Å². The van der Waals surface area contributed by atoms with E-state index >= 15 is 0 Å². The molecule has 0 radical (unpaired) electrons. The second-order valence-corrected chi connectivity index (χ2v) is 7.52. The molecule has 150 valence electrons. The molecule has 1 saturated heterocycles. The third kappa shape index (κ3) is 5.19. The molecule has 2 aromatic carbocycles. The highest BCUT2D eigenvalue weighted by Crippen LogP contribution is 2.26. The van der Waals surface area contributed by atoms with Crippen LogP contribution in [0, 0.1) is 0 Å². The molecular formula is C23H30N2O3. The molecule has 0 aromatic heterocycles. The first-order valence-corrected chi connectivity index (χ1v) is 9.91. The lowest BCUT2D eigenvalue weighted by Gasteiger charge is -2.20. The second-order valence-electron chi connectivity index (χ2n) is 7.52. The lowest BCUT2D eigenvalue weighted by Crippen LogP contribution is -2.35. The Balaban J connectivity index is 1.53. The highest BCUT2D eigenvalue weighted by molar-refractivity contribution is 5.94. The van der Waals surface area contributed by atoms with Gasteiger partial charge in [-0.2, -0.15) is 0 Å². The van der Waals surface area contributed by atoms with E-state index in [1.807, 2.05) is 54.6 Å². The summed E-state index contributed by atoms with van der Waals surface area (Å²) in [5.41, 5.74) is 2.85. The molecule has 0 spiro atoms. The minimum Gasteiger partial charge on any atom is -0.387 e. The molecule has 1 fully saturated rings. The number of hydrogen-bond donors (Lipinski definition) is 2. The first-order valence-electron chi connectivity index (χ1n) is 9.91. The number of carbonyl (C=O) groups is 1. The Morgan fingerprint density at radius 3 is 2.57 bits per heavy atom. The molecule has 0 aliphatic carbocycles. The minimum atomic E-state index is -0.478. The van der Waals surface area contributed by atoms with Gasteiger partial charge in [0.15, 0.2) is 0 Å². The van der Waals surface area contributed by atoms with Gasteiger partial charge in [0.2, 0.25) is 0 Å². The normalized spacial score (nSPS) is 20.1. The number of nitrogens with zero attached hydrogens (tertiary/aromatic N) is 1. The second kappa shape index (κ2) is 9.82. The molecule has 1 heterocycles. The Kier molecular flexibility index (Phi) is 7.20. The number of amides is 1. The van der Waals surface area contributed by atoms with Crippen LogP contribution >= 0.6 is 0 Å². The SMILES string of the molecule is COCCN(C)C(=O)c1ccc(C[C@@H]2CC[C@H]([C@H](O)c3ccccc3)N2)cc1. The van der Waals surface area contributed by atoms with Crippen LogP contribution in [0.1, 0.15) is 40.4 Å². The van der Waals surface area contributed by atoms with Crippen LogP contribution in [0.4, 0.5) is 0 Å². The van der Waals surface area contributed by atoms with Gasteiger partial charge >= 0.3 is 0 Å². The Hall–Kier alpha value is -2.21. The summed E-state index contributed by atoms with van der Waals surface area (Å²) in [5, 5.41) is 14.2. The quantitative estimate of drug-likeness (QED) is 0.737. The smallest absolute Gasteiger partial charge is 0.253 e. The first kappa shape index (κ1) is 20.5. The summed E-state index contributed by atoms with van der Waals surface area (Å²) in [4.78, 5) is 14.1. The van der Waals surface area contributed by atoms with Crippen molar-refractivity contribution >= 4 is 5.91 Å². The maximum atomic E-state index is 12.4. The van der Waals surface area contributed by atoms with Crippen LogP contribution in [-0.4, -0.2) is 55.3 Å². The largest absolute Gasteiger partial charge is 0.387 e. The van der Waals surface area contributed by atoms with Gasteiger partial charge in [0.05, 0.1) is 12.7 Å². The number of methoxy groups -OCH3 is 1. The number of likely N-dealkylation sites (N-methyl/N-ethyl adjacent to an activating group) is 1. The summed E-state index contributed by atoms with van der Waals surface area (Å²) in [7, 11) is 3.42. The van der Waals surface area contributed by atoms with E-state index in [0.29, 0.717) is 24.8 Å². The van der Waals surface area contributed by atoms with E-state index in [-0.39, 0.29) is 11.9 Å². The van der Waals surface area contributed by atoms with Gasteiger partial charge in [-0.25, -0.2) is 0 Å². The first-order chi connectivity index (χ1) is 13.6. The molecule has 0 bridgehead atoms. The Bertz CT molecular complexity index is 748. The van der Waals surface area contributed by atoms with Crippen molar-refractivity contribution in [3.05, 3.63) is 71.3 Å². The number of nitrogens with one attached hydrogen (secondary N) is 1. The fourth-order valence-corrected chi connectivity index (χ4v) is 3.76. The van der Waals surface area contributed by atoms with Gasteiger partial charge in [-0.3, -0.25) is 4.79 Å². The fourth-order valence-electron chi connectivity index (χ4n) is 3.76. The zero-order valence-electron chi connectivity index (χ0n) is 16.7. The molecule has 28 heavy (non-hydrogen) atoms. The summed E-state index contributed by atoms with van der Waals surface area (Å²) in [5.74, 6) is 0.00800. The van der Waals surface area contributed by atoms with E-state index in [0.717, 1.165) is 24.8 Å². The molecular weight excluding hydrogens is 352 g/mol. The third-order valence-electron chi connectivity index (χ3n) is 5.46. The summed E-state index contributed by atoms with van der Waals surface area (Å²) in [6.07, 6.45) is 2.41. The van der Waals surface area contributed by atoms with Crippen molar-refractivity contribution < 1.29 is 14.6 Å². The van der Waals surface area contributed by atoms with Gasteiger partial charge in [-0.05, 0) is 42.5 Å². The van der Waals surface area contributed by atoms with Gasteiger partial charge in [-0.15, -0.1) is 0 Å². The average Bonchev–Trinajstić information content (AvgIpc) is 3.20. The van der Waals surface area contributed by atoms with Crippen molar-refractivity contribution in [3.63, 3.8) is 0 Å². The standard InChI is InChI=1S/C23H30N2O3/c1-25(14-15-28-2)23(27)19-10-8-17(9-11-19)16-20-12-13-21(24-20)22(26)18-6-4-3-5-7-18/h3-11,20-22,24,26H,12-16H2,1-2H3/t20-,21+,22+/m0/s1. The third-order valence-corrected chi connectivity index (χ3v) is 5.46. The monoisotopic (exact) mass is 382 g/mol. The number of aliphatic hydroxyl groups is 1. The number of rotatable bonds is 8. The zero-order valence-corrected chi connectivity index (χ0v) is 16.7. The maximum absolute atomic E-state index is 12.4. The van der Waals surface area contributed by atoms with Crippen LogP contribution in [0.15, 0.2) is 54.6 Å². The van der Waals surface area contributed by atoms with Crippen molar-refractivity contribution in [2.45, 2.75) is 37.5 Å². The zero-order chi connectivity index (χ0) is 19.9. The summed E-state index contributed by atoms with van der Waals surface area (Å²) in [6, 6.07) is 18.1. The van der Waals surface area contributed by atoms with Crippen molar-refractivity contribution in [2.24, 2.45) is 0 Å². The highest BCUT2D eigenvalue weighted by atomic mass is 16.5. The van der Waals surface area contributed by atoms with E-state index in [1.165, 1.54) is 5.56 Å². The van der Waals surface area contributed by atoms with Crippen LogP contribution < -0.4 is 5.32 Å². The van der Waals surface area contributed by atoms with E-state index in [1.54, 1.807) is 19.1 Å². The average molecular weight is 383 g/mol. The molecule has 3 rings (SSSR count). The molecule has 1 aliphatic heterocycles. The van der Waals surface area contributed by atoms with Crippen LogP contribution in [-0.2, 0) is 11.2 Å². The lowest BCUT2D eigenvalue weighted by atomic mass is 10.0. The van der Waals surface area contributed by atoms with Gasteiger partial charge in [0.25, 0.3) is 5.91 Å². The predicted octanol–water partition coefficient (Wildman–Crippen LogP) is 2.80. The van der Waals surface area contributed by atoms with E-state index < -0.39 is 6.10 Å². The van der Waals surface area contributed by atoms with Gasteiger partial charge in [-0.1, -0.05) is 42.5 Å². The van der Waals surface area contributed by atoms with Gasteiger partial charge in [0.1, 0.15) is 0 Å².